The molecule has 1 aliphatic heterocycles. The lowest BCUT2D eigenvalue weighted by atomic mass is 9.55. The van der Waals surface area contributed by atoms with Crippen molar-refractivity contribution in [1.29, 1.82) is 0 Å². The van der Waals surface area contributed by atoms with E-state index >= 15 is 0 Å². The van der Waals surface area contributed by atoms with Crippen molar-refractivity contribution in [3.8, 4) is 0 Å². The third-order valence-corrected chi connectivity index (χ3v) is 8.84. The summed E-state index contributed by atoms with van der Waals surface area (Å²) in [5, 5.41) is 5.66. The number of unbranched alkanes of at least 4 members (excludes halogenated alkanes) is 1. The minimum absolute atomic E-state index is 0.0636. The Morgan fingerprint density at radius 2 is 1.73 bits per heavy atom. The maximum absolute atomic E-state index is 14.3. The zero-order valence-corrected chi connectivity index (χ0v) is 25.6. The van der Waals surface area contributed by atoms with Crippen LogP contribution in [0.15, 0.2) is 12.7 Å². The molecule has 41 heavy (non-hydrogen) atoms. The van der Waals surface area contributed by atoms with Crippen LogP contribution >= 0.6 is 0 Å². The Balaban J connectivity index is 1.89. The number of alkyl carbamates (subject to hydrolysis) is 1. The lowest BCUT2D eigenvalue weighted by Crippen LogP contribution is -2.60. The highest BCUT2D eigenvalue weighted by atomic mass is 16.6. The van der Waals surface area contributed by atoms with E-state index in [4.69, 9.17) is 4.74 Å². The van der Waals surface area contributed by atoms with E-state index in [1.165, 1.54) is 0 Å². The SMILES string of the molecule is C=CCCCC(NC(=O)[C@@H]1[C@@H]2[C@H](CN1C(=O)C(NC(=O)OC(C)(C)C)C1CCCCC1)CC2(C)C)C(=O)C(=O)OC. The molecule has 0 aromatic heterocycles. The molecule has 0 radical (unpaired) electrons. The first kappa shape index (κ1) is 32.6. The van der Waals surface area contributed by atoms with Crippen LogP contribution in [-0.2, 0) is 28.7 Å². The van der Waals surface area contributed by atoms with E-state index < -0.39 is 47.5 Å². The van der Waals surface area contributed by atoms with E-state index in [-0.39, 0.29) is 35.5 Å². The third-order valence-electron chi connectivity index (χ3n) is 8.84. The predicted molar refractivity (Wildman–Crippen MR) is 154 cm³/mol. The molecule has 3 fully saturated rings. The van der Waals surface area contributed by atoms with Crippen LogP contribution < -0.4 is 10.6 Å². The van der Waals surface area contributed by atoms with E-state index in [1.54, 1.807) is 31.7 Å². The number of fused-ring (bicyclic) bond motifs is 1. The van der Waals surface area contributed by atoms with Gasteiger partial charge in [-0.25, -0.2) is 9.59 Å². The van der Waals surface area contributed by atoms with Crippen molar-refractivity contribution in [1.82, 2.24) is 15.5 Å². The van der Waals surface area contributed by atoms with Crippen molar-refractivity contribution in [3.05, 3.63) is 12.7 Å². The van der Waals surface area contributed by atoms with Gasteiger partial charge in [-0.05, 0) is 82.5 Å². The Hall–Kier alpha value is -2.91. The molecule has 0 spiro atoms. The van der Waals surface area contributed by atoms with E-state index in [9.17, 15) is 24.0 Å². The number of likely N-dealkylation sites (tertiary alicyclic amines) is 1. The molecule has 2 saturated carbocycles. The highest BCUT2D eigenvalue weighted by molar-refractivity contribution is 6.36. The van der Waals surface area contributed by atoms with E-state index in [1.807, 2.05) is 0 Å². The smallest absolute Gasteiger partial charge is 0.408 e. The summed E-state index contributed by atoms with van der Waals surface area (Å²) in [5.74, 6) is -2.64. The van der Waals surface area contributed by atoms with Crippen molar-refractivity contribution in [2.75, 3.05) is 13.7 Å². The molecule has 1 saturated heterocycles. The normalized spacial score (nSPS) is 25.1. The van der Waals surface area contributed by atoms with E-state index in [0.29, 0.717) is 19.4 Å². The largest absolute Gasteiger partial charge is 0.463 e. The van der Waals surface area contributed by atoms with Gasteiger partial charge >= 0.3 is 12.1 Å². The van der Waals surface area contributed by atoms with Crippen LogP contribution in [0.1, 0.15) is 92.4 Å². The fourth-order valence-electron chi connectivity index (χ4n) is 7.07. The summed E-state index contributed by atoms with van der Waals surface area (Å²) in [4.78, 5) is 67.6. The van der Waals surface area contributed by atoms with Gasteiger partial charge in [-0.3, -0.25) is 14.4 Å². The second-order valence-corrected chi connectivity index (χ2v) is 13.6. The molecule has 10 heteroatoms. The fourth-order valence-corrected chi connectivity index (χ4v) is 7.07. The summed E-state index contributed by atoms with van der Waals surface area (Å²) in [6.45, 7) is 13.6. The third kappa shape index (κ3) is 7.89. The first-order valence-corrected chi connectivity index (χ1v) is 15.0. The number of rotatable bonds is 11. The number of amides is 3. The minimum atomic E-state index is -1.07. The van der Waals surface area contributed by atoms with Crippen molar-refractivity contribution >= 4 is 29.7 Å². The average molecular weight is 576 g/mol. The molecule has 3 rings (SSSR count). The molecule has 3 amide bonds. The van der Waals surface area contributed by atoms with Crippen LogP contribution in [0, 0.1) is 23.2 Å². The molecule has 10 nitrogen and oxygen atoms in total. The van der Waals surface area contributed by atoms with Crippen LogP contribution in [-0.4, -0.2) is 71.9 Å². The molecular weight excluding hydrogens is 526 g/mol. The molecule has 2 N–H and O–H groups in total. The monoisotopic (exact) mass is 575 g/mol. The first-order valence-electron chi connectivity index (χ1n) is 15.0. The Morgan fingerprint density at radius 3 is 2.29 bits per heavy atom. The van der Waals surface area contributed by atoms with Crippen LogP contribution in [0.3, 0.4) is 0 Å². The van der Waals surface area contributed by atoms with Crippen molar-refractivity contribution in [3.63, 3.8) is 0 Å². The maximum Gasteiger partial charge on any atom is 0.408 e. The maximum atomic E-state index is 14.3. The predicted octanol–water partition coefficient (Wildman–Crippen LogP) is 3.92. The average Bonchev–Trinajstić information content (AvgIpc) is 3.24. The minimum Gasteiger partial charge on any atom is -0.463 e. The van der Waals surface area contributed by atoms with Gasteiger partial charge in [0.15, 0.2) is 0 Å². The number of nitrogens with zero attached hydrogens (tertiary/aromatic N) is 1. The number of carbonyl (C=O) groups is 5. The van der Waals surface area contributed by atoms with Gasteiger partial charge in [-0.2, -0.15) is 0 Å². The summed E-state index contributed by atoms with van der Waals surface area (Å²) in [6, 6.07) is -2.71. The molecule has 5 atom stereocenters. The number of carbonyl (C=O) groups excluding carboxylic acids is 5. The zero-order chi connectivity index (χ0) is 30.5. The topological polar surface area (TPSA) is 131 Å². The summed E-state index contributed by atoms with van der Waals surface area (Å²) in [6.07, 6.45) is 7.94. The summed E-state index contributed by atoms with van der Waals surface area (Å²) < 4.78 is 10.1. The standard InChI is InChI=1S/C31H49N3O7/c1-8-9-11-16-21(25(35)28(38)40-7)32-26(36)24-22-20(17-31(22,5)6)18-34(24)27(37)23(19-14-12-10-13-15-19)33-29(39)41-30(2,3)4/h8,19-24H,1,9-18H2,2-7H3,(H,32,36)(H,33,39)/t20-,21?,22-,23?,24-/m0/s1. The molecule has 2 unspecified atom stereocenters. The second kappa shape index (κ2) is 13.4. The van der Waals surface area contributed by atoms with E-state index in [0.717, 1.165) is 45.6 Å². The van der Waals surface area contributed by atoms with Crippen molar-refractivity contribution in [2.24, 2.45) is 23.2 Å². The Labute approximate surface area is 244 Å². The number of ketones is 1. The number of hydrogen-bond acceptors (Lipinski definition) is 7. The molecule has 0 aromatic carbocycles. The molecule has 2 aliphatic carbocycles. The van der Waals surface area contributed by atoms with Gasteiger partial charge in [0.05, 0.1) is 13.2 Å². The van der Waals surface area contributed by atoms with Gasteiger partial charge in [0.2, 0.25) is 11.8 Å². The van der Waals surface area contributed by atoms with Gasteiger partial charge in [0.1, 0.15) is 17.7 Å². The molecule has 230 valence electrons. The van der Waals surface area contributed by atoms with Gasteiger partial charge in [0, 0.05) is 6.54 Å². The highest BCUT2D eigenvalue weighted by Crippen LogP contribution is 2.57. The summed E-state index contributed by atoms with van der Waals surface area (Å²) in [7, 11) is 1.13. The van der Waals surface area contributed by atoms with Gasteiger partial charge in [0.25, 0.3) is 5.78 Å². The lowest BCUT2D eigenvalue weighted by molar-refractivity contribution is -0.153. The Morgan fingerprint density at radius 1 is 1.07 bits per heavy atom. The summed E-state index contributed by atoms with van der Waals surface area (Å²) in [5.41, 5.74) is -0.915. The van der Waals surface area contributed by atoms with Gasteiger partial charge in [-0.15, -0.1) is 6.58 Å². The van der Waals surface area contributed by atoms with Crippen LogP contribution in [0.25, 0.3) is 0 Å². The Kier molecular flexibility index (Phi) is 10.6. The fraction of sp³-hybridized carbons (Fsp3) is 0.774. The number of hydrogen-bond donors (Lipinski definition) is 2. The number of esters is 1. The number of methoxy groups -OCH3 is 1. The second-order valence-electron chi connectivity index (χ2n) is 13.6. The number of allylic oxidation sites excluding steroid dienone is 1. The number of nitrogens with one attached hydrogen (secondary N) is 2. The van der Waals surface area contributed by atoms with E-state index in [2.05, 4.69) is 35.8 Å². The van der Waals surface area contributed by atoms with Crippen LogP contribution in [0.5, 0.6) is 0 Å². The molecule has 1 heterocycles. The quantitative estimate of drug-likeness (QED) is 0.165. The van der Waals surface area contributed by atoms with Crippen molar-refractivity contribution in [2.45, 2.75) is 116 Å². The van der Waals surface area contributed by atoms with Gasteiger partial charge < -0.3 is 25.0 Å². The summed E-state index contributed by atoms with van der Waals surface area (Å²) >= 11 is 0. The molecule has 0 aromatic rings. The molecule has 0 bridgehead atoms. The van der Waals surface area contributed by atoms with Crippen molar-refractivity contribution < 1.29 is 33.4 Å². The first-order chi connectivity index (χ1) is 19.2. The number of ether oxygens (including phenoxy) is 2. The van der Waals surface area contributed by atoms with Crippen LogP contribution in [0.2, 0.25) is 0 Å². The molecule has 3 aliphatic rings. The Bertz CT molecular complexity index is 1010. The zero-order valence-electron chi connectivity index (χ0n) is 25.6. The van der Waals surface area contributed by atoms with Crippen LogP contribution in [0.4, 0.5) is 4.79 Å². The highest BCUT2D eigenvalue weighted by Gasteiger charge is 2.61. The number of Topliss-reactive ketones (excluding diaryl/α,β-unsaturated/α-hetero) is 1. The van der Waals surface area contributed by atoms with Gasteiger partial charge in [-0.1, -0.05) is 39.2 Å². The lowest BCUT2D eigenvalue weighted by Gasteiger charge is -2.49. The molecular formula is C31H49N3O7.